The van der Waals surface area contributed by atoms with E-state index in [1.807, 2.05) is 4.72 Å². The predicted octanol–water partition coefficient (Wildman–Crippen LogP) is 1.14. The van der Waals surface area contributed by atoms with E-state index in [-0.39, 0.29) is 23.3 Å². The SMILES string of the molecule is Cn1cc(S(=O)(=O)NC(=O)CCc2cccc(F)c2F)cn1. The molecule has 0 bridgehead atoms. The summed E-state index contributed by atoms with van der Waals surface area (Å²) in [5.41, 5.74) is 0.00826. The number of nitrogens with one attached hydrogen (secondary N) is 1. The first-order valence-corrected chi connectivity index (χ1v) is 7.75. The minimum atomic E-state index is -4.01. The number of halogens is 2. The van der Waals surface area contributed by atoms with Crippen molar-refractivity contribution in [3.63, 3.8) is 0 Å². The van der Waals surface area contributed by atoms with E-state index in [4.69, 9.17) is 0 Å². The van der Waals surface area contributed by atoms with Crippen LogP contribution >= 0.6 is 0 Å². The minimum Gasteiger partial charge on any atom is -0.274 e. The molecule has 0 spiro atoms. The van der Waals surface area contributed by atoms with Crippen molar-refractivity contribution in [3.05, 3.63) is 47.8 Å². The van der Waals surface area contributed by atoms with Gasteiger partial charge in [0, 0.05) is 19.7 Å². The number of hydrogen-bond acceptors (Lipinski definition) is 4. The molecule has 0 atom stereocenters. The summed E-state index contributed by atoms with van der Waals surface area (Å²) in [6, 6.07) is 3.62. The van der Waals surface area contributed by atoms with Gasteiger partial charge in [0.15, 0.2) is 11.6 Å². The van der Waals surface area contributed by atoms with Crippen LogP contribution in [0.1, 0.15) is 12.0 Å². The van der Waals surface area contributed by atoms with Crippen molar-refractivity contribution in [2.45, 2.75) is 17.7 Å². The van der Waals surface area contributed by atoms with Crippen molar-refractivity contribution < 1.29 is 22.0 Å². The highest BCUT2D eigenvalue weighted by Crippen LogP contribution is 2.13. The Hall–Kier alpha value is -2.29. The molecule has 0 aliphatic rings. The van der Waals surface area contributed by atoms with Gasteiger partial charge >= 0.3 is 0 Å². The van der Waals surface area contributed by atoms with Crippen LogP contribution in [0.25, 0.3) is 0 Å². The Balaban J connectivity index is 2.00. The molecule has 1 heterocycles. The molecule has 1 N–H and O–H groups in total. The van der Waals surface area contributed by atoms with Crippen molar-refractivity contribution in [1.82, 2.24) is 14.5 Å². The highest BCUT2D eigenvalue weighted by molar-refractivity contribution is 7.90. The summed E-state index contributed by atoms with van der Waals surface area (Å²) < 4.78 is 53.3. The predicted molar refractivity (Wildman–Crippen MR) is 73.2 cm³/mol. The average molecular weight is 329 g/mol. The monoisotopic (exact) mass is 329 g/mol. The van der Waals surface area contributed by atoms with Gasteiger partial charge in [-0.1, -0.05) is 12.1 Å². The van der Waals surface area contributed by atoms with Gasteiger partial charge in [-0.3, -0.25) is 9.48 Å². The zero-order chi connectivity index (χ0) is 16.3. The number of nitrogens with zero attached hydrogens (tertiary/aromatic N) is 2. The molecule has 6 nitrogen and oxygen atoms in total. The molecule has 0 radical (unpaired) electrons. The van der Waals surface area contributed by atoms with Crippen LogP contribution in [-0.4, -0.2) is 24.1 Å². The third-order valence-electron chi connectivity index (χ3n) is 2.89. The quantitative estimate of drug-likeness (QED) is 0.892. The van der Waals surface area contributed by atoms with Crippen molar-refractivity contribution in [3.8, 4) is 0 Å². The van der Waals surface area contributed by atoms with Crippen LogP contribution in [0.2, 0.25) is 0 Å². The summed E-state index contributed by atoms with van der Waals surface area (Å²) in [5, 5.41) is 3.70. The fourth-order valence-corrected chi connectivity index (χ4v) is 2.78. The van der Waals surface area contributed by atoms with E-state index in [1.54, 1.807) is 0 Å². The van der Waals surface area contributed by atoms with Gasteiger partial charge in [-0.25, -0.2) is 21.9 Å². The number of hydrogen-bond donors (Lipinski definition) is 1. The average Bonchev–Trinajstić information content (AvgIpc) is 2.87. The van der Waals surface area contributed by atoms with E-state index < -0.39 is 27.6 Å². The Bertz CT molecular complexity index is 803. The molecule has 0 aliphatic carbocycles. The Morgan fingerprint density at radius 3 is 2.73 bits per heavy atom. The van der Waals surface area contributed by atoms with Crippen molar-refractivity contribution in [2.24, 2.45) is 7.05 Å². The summed E-state index contributed by atoms with van der Waals surface area (Å²) in [4.78, 5) is 11.5. The molecule has 9 heteroatoms. The fourth-order valence-electron chi connectivity index (χ4n) is 1.79. The lowest BCUT2D eigenvalue weighted by Gasteiger charge is -2.06. The molecule has 118 valence electrons. The van der Waals surface area contributed by atoms with Gasteiger partial charge in [-0.05, 0) is 18.1 Å². The highest BCUT2D eigenvalue weighted by atomic mass is 32.2. The number of carbonyl (C=O) groups is 1. The van der Waals surface area contributed by atoms with Crippen molar-refractivity contribution in [2.75, 3.05) is 0 Å². The largest absolute Gasteiger partial charge is 0.274 e. The summed E-state index contributed by atoms with van der Waals surface area (Å²) in [7, 11) is -2.48. The van der Waals surface area contributed by atoms with Crippen LogP contribution in [0, 0.1) is 11.6 Å². The molecule has 2 aromatic rings. The van der Waals surface area contributed by atoms with Gasteiger partial charge in [-0.15, -0.1) is 0 Å². The van der Waals surface area contributed by atoms with Gasteiger partial charge in [0.05, 0.1) is 6.20 Å². The third-order valence-corrected chi connectivity index (χ3v) is 4.22. The first-order chi connectivity index (χ1) is 10.3. The Kier molecular flexibility index (Phi) is 4.55. The minimum absolute atomic E-state index is 0.00826. The number of amides is 1. The number of aryl methyl sites for hydroxylation is 2. The molecular formula is C13H13F2N3O3S. The van der Waals surface area contributed by atoms with Crippen molar-refractivity contribution in [1.29, 1.82) is 0 Å². The molecule has 0 saturated carbocycles. The van der Waals surface area contributed by atoms with E-state index >= 15 is 0 Å². The summed E-state index contributed by atoms with van der Waals surface area (Å²) in [6.45, 7) is 0. The maximum absolute atomic E-state index is 13.4. The third kappa shape index (κ3) is 3.67. The lowest BCUT2D eigenvalue weighted by atomic mass is 10.1. The van der Waals surface area contributed by atoms with Gasteiger partial charge in [-0.2, -0.15) is 5.10 Å². The Morgan fingerprint density at radius 1 is 1.36 bits per heavy atom. The molecule has 1 aromatic carbocycles. The first-order valence-electron chi connectivity index (χ1n) is 6.27. The number of sulfonamides is 1. The standard InChI is InChI=1S/C13H13F2N3O3S/c1-18-8-10(7-16-18)22(20,21)17-12(19)6-5-9-3-2-4-11(14)13(9)15/h2-4,7-8H,5-6H2,1H3,(H,17,19). The number of carbonyl (C=O) groups excluding carboxylic acids is 1. The van der Waals surface area contributed by atoms with Gasteiger partial charge < -0.3 is 0 Å². The molecule has 1 amide bonds. The van der Waals surface area contributed by atoms with Crippen LogP contribution in [0.4, 0.5) is 8.78 Å². The maximum Gasteiger partial charge on any atom is 0.267 e. The first kappa shape index (κ1) is 16.1. The number of rotatable bonds is 5. The Morgan fingerprint density at radius 2 is 2.09 bits per heavy atom. The summed E-state index contributed by atoms with van der Waals surface area (Å²) in [5.74, 6) is -2.86. The molecule has 0 unspecified atom stereocenters. The second-order valence-corrected chi connectivity index (χ2v) is 6.27. The lowest BCUT2D eigenvalue weighted by molar-refractivity contribution is -0.119. The topological polar surface area (TPSA) is 81.1 Å². The van der Waals surface area contributed by atoms with Gasteiger partial charge in [0.25, 0.3) is 10.0 Å². The summed E-state index contributed by atoms with van der Waals surface area (Å²) >= 11 is 0. The smallest absolute Gasteiger partial charge is 0.267 e. The van der Waals surface area contributed by atoms with E-state index in [0.29, 0.717) is 0 Å². The zero-order valence-electron chi connectivity index (χ0n) is 11.6. The molecular weight excluding hydrogens is 316 g/mol. The van der Waals surface area contributed by atoms with Crippen LogP contribution in [0.5, 0.6) is 0 Å². The molecule has 2 rings (SSSR count). The molecule has 0 aliphatic heterocycles. The van der Waals surface area contributed by atoms with Crippen LogP contribution < -0.4 is 4.72 Å². The van der Waals surface area contributed by atoms with E-state index in [1.165, 1.54) is 30.1 Å². The maximum atomic E-state index is 13.4. The number of benzene rings is 1. The highest BCUT2D eigenvalue weighted by Gasteiger charge is 2.19. The van der Waals surface area contributed by atoms with Crippen LogP contribution in [0.3, 0.4) is 0 Å². The van der Waals surface area contributed by atoms with E-state index in [9.17, 15) is 22.0 Å². The van der Waals surface area contributed by atoms with Crippen LogP contribution in [0.15, 0.2) is 35.5 Å². The second-order valence-electron chi connectivity index (χ2n) is 4.59. The zero-order valence-corrected chi connectivity index (χ0v) is 12.4. The van der Waals surface area contributed by atoms with E-state index in [2.05, 4.69) is 5.10 Å². The molecule has 0 saturated heterocycles. The lowest BCUT2D eigenvalue weighted by Crippen LogP contribution is -2.30. The fraction of sp³-hybridized carbons (Fsp3) is 0.231. The number of aromatic nitrogens is 2. The van der Waals surface area contributed by atoms with Crippen molar-refractivity contribution >= 4 is 15.9 Å². The van der Waals surface area contributed by atoms with Crippen LogP contribution in [-0.2, 0) is 28.3 Å². The molecule has 0 fully saturated rings. The van der Waals surface area contributed by atoms with Gasteiger partial charge in [0.1, 0.15) is 4.90 Å². The molecule has 22 heavy (non-hydrogen) atoms. The summed E-state index contributed by atoms with van der Waals surface area (Å²) in [6.07, 6.45) is 1.93. The normalized spacial score (nSPS) is 11.4. The second kappa shape index (κ2) is 6.22. The van der Waals surface area contributed by atoms with Gasteiger partial charge in [0.2, 0.25) is 5.91 Å². The van der Waals surface area contributed by atoms with E-state index in [0.717, 1.165) is 12.3 Å². The molecule has 1 aromatic heterocycles. The Labute approximate surface area is 125 Å².